The molecule has 1 aliphatic heterocycles. The molecule has 0 saturated heterocycles. The lowest BCUT2D eigenvalue weighted by atomic mass is 9.64. The molecule has 0 bridgehead atoms. The maximum Gasteiger partial charge on any atom is 0.140 e. The molecule has 5 rings (SSSR count). The molecule has 1 fully saturated rings. The molecular weight excluding hydrogens is 406 g/mol. The molecule has 0 amide bonds. The summed E-state index contributed by atoms with van der Waals surface area (Å²) in [7, 11) is 4.15. The van der Waals surface area contributed by atoms with E-state index in [9.17, 15) is 5.11 Å². The van der Waals surface area contributed by atoms with Gasteiger partial charge in [0.25, 0.3) is 0 Å². The predicted molar refractivity (Wildman–Crippen MR) is 126 cm³/mol. The van der Waals surface area contributed by atoms with E-state index < -0.39 is 11.2 Å². The van der Waals surface area contributed by atoms with Crippen molar-refractivity contribution in [2.45, 2.75) is 41.8 Å². The third-order valence-electron chi connectivity index (χ3n) is 7.18. The van der Waals surface area contributed by atoms with Crippen LogP contribution in [0.5, 0.6) is 0 Å². The number of nitrogens with zero attached hydrogens (tertiary/aromatic N) is 1. The van der Waals surface area contributed by atoms with Crippen LogP contribution in [0.25, 0.3) is 11.0 Å². The van der Waals surface area contributed by atoms with Gasteiger partial charge in [0.2, 0.25) is 0 Å². The standard InChI is InChI=1S/C26H31NO3S/c1-27(2)17-19-16-25(13-14-26(19,28)18-8-10-20(31-3)11-9-18)24-22(12-15-29-25)21-6-4-5-7-23(21)30-24/h4-11,19,28H,12-17H2,1-3H3. The van der Waals surface area contributed by atoms with E-state index in [-0.39, 0.29) is 5.92 Å². The number of para-hydroxylation sites is 1. The van der Waals surface area contributed by atoms with Crippen LogP contribution >= 0.6 is 11.8 Å². The van der Waals surface area contributed by atoms with Crippen molar-refractivity contribution in [1.29, 1.82) is 0 Å². The van der Waals surface area contributed by atoms with Crippen LogP contribution < -0.4 is 0 Å². The summed E-state index contributed by atoms with van der Waals surface area (Å²) in [6.07, 6.45) is 5.12. The Bertz CT molecular complexity index is 1080. The molecule has 2 aliphatic rings. The number of rotatable bonds is 4. The van der Waals surface area contributed by atoms with Gasteiger partial charge in [-0.25, -0.2) is 0 Å². The number of hydrogen-bond acceptors (Lipinski definition) is 5. The smallest absolute Gasteiger partial charge is 0.140 e. The van der Waals surface area contributed by atoms with E-state index in [2.05, 4.69) is 61.6 Å². The van der Waals surface area contributed by atoms with Crippen molar-refractivity contribution in [3.8, 4) is 0 Å². The Morgan fingerprint density at radius 3 is 2.61 bits per heavy atom. The molecule has 3 atom stereocenters. The van der Waals surface area contributed by atoms with Gasteiger partial charge in [0.1, 0.15) is 16.9 Å². The van der Waals surface area contributed by atoms with Crippen LogP contribution in [0.15, 0.2) is 57.8 Å². The fourth-order valence-corrected chi connectivity index (χ4v) is 6.06. The van der Waals surface area contributed by atoms with Crippen LogP contribution in [0.2, 0.25) is 0 Å². The first-order valence-electron chi connectivity index (χ1n) is 11.1. The Hall–Kier alpha value is -1.79. The first kappa shape index (κ1) is 21.1. The van der Waals surface area contributed by atoms with Crippen LogP contribution in [0, 0.1) is 5.92 Å². The summed E-state index contributed by atoms with van der Waals surface area (Å²) in [4.78, 5) is 3.39. The van der Waals surface area contributed by atoms with Crippen LogP contribution in [0.3, 0.4) is 0 Å². The molecular formula is C26H31NO3S. The Morgan fingerprint density at radius 1 is 1.10 bits per heavy atom. The van der Waals surface area contributed by atoms with Gasteiger partial charge in [0, 0.05) is 28.3 Å². The monoisotopic (exact) mass is 437 g/mol. The summed E-state index contributed by atoms with van der Waals surface area (Å²) in [5.41, 5.74) is 1.90. The van der Waals surface area contributed by atoms with Gasteiger partial charge in [-0.3, -0.25) is 0 Å². The van der Waals surface area contributed by atoms with Gasteiger partial charge >= 0.3 is 0 Å². The molecule has 3 aromatic rings. The maximum absolute atomic E-state index is 12.0. The van der Waals surface area contributed by atoms with Gasteiger partial charge in [-0.2, -0.15) is 0 Å². The molecule has 164 valence electrons. The summed E-state index contributed by atoms with van der Waals surface area (Å²) >= 11 is 1.72. The zero-order valence-corrected chi connectivity index (χ0v) is 19.4. The number of furan rings is 1. The van der Waals surface area contributed by atoms with Crippen molar-refractivity contribution in [1.82, 2.24) is 4.90 Å². The normalized spacial score (nSPS) is 28.4. The van der Waals surface area contributed by atoms with Gasteiger partial charge in [0.15, 0.2) is 0 Å². The van der Waals surface area contributed by atoms with Gasteiger partial charge in [-0.05, 0) is 69.8 Å². The van der Waals surface area contributed by atoms with Gasteiger partial charge in [0.05, 0.1) is 12.2 Å². The largest absolute Gasteiger partial charge is 0.458 e. The number of hydrogen-bond donors (Lipinski definition) is 1. The van der Waals surface area contributed by atoms with Crippen LogP contribution in [0.4, 0.5) is 0 Å². The predicted octanol–water partition coefficient (Wildman–Crippen LogP) is 5.17. The molecule has 0 radical (unpaired) electrons. The van der Waals surface area contributed by atoms with Crippen molar-refractivity contribution >= 4 is 22.7 Å². The molecule has 1 saturated carbocycles. The molecule has 1 aliphatic carbocycles. The minimum absolute atomic E-state index is 0.0375. The SMILES string of the molecule is CSc1ccc(C2(O)CCC3(CC2CN(C)C)OCCc2c3oc3ccccc23)cc1. The number of thioether (sulfide) groups is 1. The molecule has 1 spiro atoms. The summed E-state index contributed by atoms with van der Waals surface area (Å²) in [5.74, 6) is 1.03. The second-order valence-electron chi connectivity index (χ2n) is 9.31. The van der Waals surface area contributed by atoms with Crippen molar-refractivity contribution in [2.75, 3.05) is 33.5 Å². The summed E-state index contributed by atoms with van der Waals surface area (Å²) in [6, 6.07) is 16.7. The van der Waals surface area contributed by atoms with Crippen molar-refractivity contribution < 1.29 is 14.3 Å². The van der Waals surface area contributed by atoms with Crippen LogP contribution in [-0.2, 0) is 22.4 Å². The first-order chi connectivity index (χ1) is 14.9. The van der Waals surface area contributed by atoms with E-state index in [1.807, 2.05) is 12.1 Å². The zero-order valence-electron chi connectivity index (χ0n) is 18.6. The minimum atomic E-state index is -0.876. The fraction of sp³-hybridized carbons (Fsp3) is 0.462. The molecule has 5 heteroatoms. The van der Waals surface area contributed by atoms with Crippen molar-refractivity contribution in [2.24, 2.45) is 5.92 Å². The highest BCUT2D eigenvalue weighted by Crippen LogP contribution is 2.54. The third-order valence-corrected chi connectivity index (χ3v) is 7.92. The Kier molecular flexibility index (Phi) is 5.41. The summed E-state index contributed by atoms with van der Waals surface area (Å²) < 4.78 is 12.9. The summed E-state index contributed by atoms with van der Waals surface area (Å²) in [6.45, 7) is 1.49. The lowest BCUT2D eigenvalue weighted by molar-refractivity contribution is -0.171. The highest BCUT2D eigenvalue weighted by Gasteiger charge is 2.54. The molecule has 3 unspecified atom stereocenters. The van der Waals surface area contributed by atoms with Crippen molar-refractivity contribution in [3.05, 3.63) is 65.4 Å². The highest BCUT2D eigenvalue weighted by atomic mass is 32.2. The zero-order chi connectivity index (χ0) is 21.6. The number of aliphatic hydroxyl groups is 1. The second-order valence-corrected chi connectivity index (χ2v) is 10.2. The van der Waals surface area contributed by atoms with E-state index in [0.717, 1.165) is 42.7 Å². The Labute approximate surface area is 188 Å². The minimum Gasteiger partial charge on any atom is -0.458 e. The van der Waals surface area contributed by atoms with E-state index in [4.69, 9.17) is 9.15 Å². The third kappa shape index (κ3) is 3.52. The van der Waals surface area contributed by atoms with Gasteiger partial charge in [-0.15, -0.1) is 11.8 Å². The molecule has 2 aromatic carbocycles. The molecule has 1 N–H and O–H groups in total. The lowest BCUT2D eigenvalue weighted by Gasteiger charge is -2.50. The molecule has 1 aromatic heterocycles. The second kappa shape index (κ2) is 7.96. The quantitative estimate of drug-likeness (QED) is 0.571. The van der Waals surface area contributed by atoms with Crippen LogP contribution in [-0.4, -0.2) is 43.5 Å². The van der Waals surface area contributed by atoms with E-state index in [1.54, 1.807) is 11.8 Å². The van der Waals surface area contributed by atoms with E-state index in [0.29, 0.717) is 13.0 Å². The maximum atomic E-state index is 12.0. The van der Waals surface area contributed by atoms with E-state index >= 15 is 0 Å². The fourth-order valence-electron chi connectivity index (χ4n) is 5.65. The van der Waals surface area contributed by atoms with Gasteiger partial charge in [-0.1, -0.05) is 30.3 Å². The van der Waals surface area contributed by atoms with E-state index in [1.165, 1.54) is 15.8 Å². The molecule has 4 nitrogen and oxygen atoms in total. The van der Waals surface area contributed by atoms with Gasteiger partial charge < -0.3 is 19.2 Å². The molecule has 31 heavy (non-hydrogen) atoms. The Morgan fingerprint density at radius 2 is 1.87 bits per heavy atom. The van der Waals surface area contributed by atoms with Crippen molar-refractivity contribution in [3.63, 3.8) is 0 Å². The summed E-state index contributed by atoms with van der Waals surface area (Å²) in [5, 5.41) is 13.2. The number of ether oxygens (including phenoxy) is 1. The first-order valence-corrected chi connectivity index (χ1v) is 12.3. The Balaban J connectivity index is 1.55. The average Bonchev–Trinajstić information content (AvgIpc) is 3.17. The lowest BCUT2D eigenvalue weighted by Crippen LogP contribution is -2.51. The number of benzene rings is 2. The van der Waals surface area contributed by atoms with Crippen LogP contribution in [0.1, 0.15) is 36.1 Å². The average molecular weight is 438 g/mol. The topological polar surface area (TPSA) is 45.8 Å². The highest BCUT2D eigenvalue weighted by molar-refractivity contribution is 7.98. The molecule has 2 heterocycles. The number of fused-ring (bicyclic) bond motifs is 4.